The first kappa shape index (κ1) is 21.1. The molecule has 1 amide bonds. The number of hydrogen-bond donors (Lipinski definition) is 1. The number of carbonyl (C=O) groups is 1. The summed E-state index contributed by atoms with van der Waals surface area (Å²) < 4.78 is 39.7. The smallest absolute Gasteiger partial charge is 0.341 e. The Balaban J connectivity index is 1.79. The number of amides is 1. The summed E-state index contributed by atoms with van der Waals surface area (Å²) in [6.45, 7) is 3.88. The molecular weight excluding hydrogens is 393 g/mol. The van der Waals surface area contributed by atoms with E-state index in [2.05, 4.69) is 27.2 Å². The zero-order valence-electron chi connectivity index (χ0n) is 16.4. The van der Waals surface area contributed by atoms with E-state index in [1.165, 1.54) is 16.9 Å². The number of rotatable bonds is 4. The molecule has 0 atom stereocenters. The molecule has 0 aliphatic heterocycles. The van der Waals surface area contributed by atoms with Gasteiger partial charge in [0.05, 0.1) is 29.6 Å². The lowest BCUT2D eigenvalue weighted by Crippen LogP contribution is -2.25. The first-order valence-corrected chi connectivity index (χ1v) is 9.21. The molecule has 0 spiro atoms. The van der Waals surface area contributed by atoms with Gasteiger partial charge < -0.3 is 5.32 Å². The molecule has 2 aromatic heterocycles. The first-order chi connectivity index (χ1) is 14.3. The zero-order chi connectivity index (χ0) is 21.7. The summed E-state index contributed by atoms with van der Waals surface area (Å²) >= 11 is 0. The number of carbonyl (C=O) groups excluding carboxylic acids is 1. The van der Waals surface area contributed by atoms with Gasteiger partial charge >= 0.3 is 6.18 Å². The Labute approximate surface area is 171 Å². The number of pyridine rings is 1. The number of nitrogens with zero attached hydrogens (tertiary/aromatic N) is 3. The molecule has 0 unspecified atom stereocenters. The molecule has 0 aliphatic carbocycles. The second-order valence-corrected chi connectivity index (χ2v) is 6.76. The molecule has 8 heteroatoms. The minimum Gasteiger partial charge on any atom is -0.341 e. The first-order valence-electron chi connectivity index (χ1n) is 9.21. The van der Waals surface area contributed by atoms with E-state index < -0.39 is 11.7 Å². The quantitative estimate of drug-likeness (QED) is 0.654. The predicted octanol–water partition coefficient (Wildman–Crippen LogP) is 4.19. The van der Waals surface area contributed by atoms with Crippen molar-refractivity contribution in [2.75, 3.05) is 6.54 Å². The number of aromatic nitrogens is 3. The van der Waals surface area contributed by atoms with E-state index in [0.29, 0.717) is 11.3 Å². The van der Waals surface area contributed by atoms with Crippen molar-refractivity contribution in [3.63, 3.8) is 0 Å². The summed E-state index contributed by atoms with van der Waals surface area (Å²) in [6.07, 6.45) is -2.34. The fourth-order valence-electron chi connectivity index (χ4n) is 2.84. The van der Waals surface area contributed by atoms with Gasteiger partial charge in [0.25, 0.3) is 5.91 Å². The Morgan fingerprint density at radius 1 is 1.13 bits per heavy atom. The fraction of sp³-hybridized carbons (Fsp3) is 0.227. The van der Waals surface area contributed by atoms with Crippen LogP contribution in [0.15, 0.2) is 54.9 Å². The summed E-state index contributed by atoms with van der Waals surface area (Å²) in [7, 11) is 0. The van der Waals surface area contributed by atoms with E-state index in [-0.39, 0.29) is 24.2 Å². The van der Waals surface area contributed by atoms with Crippen LogP contribution in [0.5, 0.6) is 0 Å². The van der Waals surface area contributed by atoms with Crippen LogP contribution in [0.4, 0.5) is 13.2 Å². The summed E-state index contributed by atoms with van der Waals surface area (Å²) in [4.78, 5) is 16.5. The molecule has 1 aromatic carbocycles. The van der Waals surface area contributed by atoms with Crippen LogP contribution in [0.1, 0.15) is 46.9 Å². The van der Waals surface area contributed by atoms with Crippen molar-refractivity contribution in [3.8, 4) is 17.7 Å². The third-order valence-corrected chi connectivity index (χ3v) is 4.23. The molecule has 0 bridgehead atoms. The molecule has 0 radical (unpaired) electrons. The third-order valence-electron chi connectivity index (χ3n) is 4.23. The highest BCUT2D eigenvalue weighted by Gasteiger charge is 2.31. The molecule has 30 heavy (non-hydrogen) atoms. The summed E-state index contributed by atoms with van der Waals surface area (Å²) in [5, 5.41) is 6.90. The largest absolute Gasteiger partial charge is 0.417 e. The van der Waals surface area contributed by atoms with E-state index in [1.807, 2.05) is 44.2 Å². The second-order valence-electron chi connectivity index (χ2n) is 6.76. The Morgan fingerprint density at radius 2 is 1.87 bits per heavy atom. The van der Waals surface area contributed by atoms with E-state index in [0.717, 1.165) is 17.8 Å². The number of halogens is 3. The van der Waals surface area contributed by atoms with Gasteiger partial charge in [-0.2, -0.15) is 18.3 Å². The van der Waals surface area contributed by atoms with Gasteiger partial charge in [0, 0.05) is 11.8 Å². The van der Waals surface area contributed by atoms with Crippen LogP contribution in [0.2, 0.25) is 0 Å². The Morgan fingerprint density at radius 3 is 2.47 bits per heavy atom. The molecule has 2 heterocycles. The molecule has 5 nitrogen and oxygen atoms in total. The minimum absolute atomic E-state index is 0.118. The van der Waals surface area contributed by atoms with E-state index in [1.54, 1.807) is 0 Å². The lowest BCUT2D eigenvalue weighted by atomic mass is 10.1. The van der Waals surface area contributed by atoms with Gasteiger partial charge in [-0.1, -0.05) is 43.9 Å². The Hall–Kier alpha value is -3.60. The highest BCUT2D eigenvalue weighted by Crippen LogP contribution is 2.29. The summed E-state index contributed by atoms with van der Waals surface area (Å²) in [5.41, 5.74) is 0.874. The monoisotopic (exact) mass is 412 g/mol. The minimum atomic E-state index is -4.47. The van der Waals surface area contributed by atoms with Gasteiger partial charge in [-0.3, -0.25) is 4.79 Å². The van der Waals surface area contributed by atoms with E-state index in [4.69, 9.17) is 0 Å². The summed E-state index contributed by atoms with van der Waals surface area (Å²) in [6, 6.07) is 11.5. The van der Waals surface area contributed by atoms with E-state index in [9.17, 15) is 18.0 Å². The molecule has 0 saturated carbocycles. The van der Waals surface area contributed by atoms with Gasteiger partial charge in [0.15, 0.2) is 5.82 Å². The van der Waals surface area contributed by atoms with Crippen molar-refractivity contribution in [2.45, 2.75) is 25.9 Å². The Bertz CT molecular complexity index is 1080. The zero-order valence-corrected chi connectivity index (χ0v) is 16.4. The fourth-order valence-corrected chi connectivity index (χ4v) is 2.84. The van der Waals surface area contributed by atoms with Crippen LogP contribution in [-0.2, 0) is 6.18 Å². The molecule has 0 fully saturated rings. The van der Waals surface area contributed by atoms with Crippen molar-refractivity contribution >= 4 is 5.91 Å². The maximum absolute atomic E-state index is 12.8. The number of hydrogen-bond acceptors (Lipinski definition) is 3. The van der Waals surface area contributed by atoms with Crippen molar-refractivity contribution in [3.05, 3.63) is 77.2 Å². The van der Waals surface area contributed by atoms with Crippen LogP contribution in [-0.4, -0.2) is 27.2 Å². The molecule has 154 valence electrons. The molecule has 0 aliphatic rings. The summed E-state index contributed by atoms with van der Waals surface area (Å²) in [5.74, 6) is 5.56. The SMILES string of the molecule is CC(C)c1c(C(=O)NCC#Cc2ccccc2)cnn1-c1ccc(C(F)(F)F)cn1. The molecular formula is C22H19F3N4O. The van der Waals surface area contributed by atoms with Gasteiger partial charge in [-0.25, -0.2) is 9.67 Å². The maximum Gasteiger partial charge on any atom is 0.417 e. The highest BCUT2D eigenvalue weighted by atomic mass is 19.4. The van der Waals surface area contributed by atoms with Gasteiger partial charge in [-0.15, -0.1) is 0 Å². The normalized spacial score (nSPS) is 11.1. The number of nitrogens with one attached hydrogen (secondary N) is 1. The van der Waals surface area contributed by atoms with Gasteiger partial charge in [-0.05, 0) is 30.2 Å². The standard InChI is InChI=1S/C22H19F3N4O/c1-15(2)20-18(21(30)26-12-6-9-16-7-4-3-5-8-16)14-28-29(20)19-11-10-17(13-27-19)22(23,24)25/h3-5,7-8,10-11,13-15H,12H2,1-2H3,(H,26,30). The average molecular weight is 412 g/mol. The van der Waals surface area contributed by atoms with Crippen molar-refractivity contribution in [1.82, 2.24) is 20.1 Å². The topological polar surface area (TPSA) is 59.8 Å². The van der Waals surface area contributed by atoms with Gasteiger partial charge in [0.2, 0.25) is 0 Å². The lowest BCUT2D eigenvalue weighted by molar-refractivity contribution is -0.137. The van der Waals surface area contributed by atoms with Crippen molar-refractivity contribution in [1.29, 1.82) is 0 Å². The van der Waals surface area contributed by atoms with Crippen molar-refractivity contribution < 1.29 is 18.0 Å². The average Bonchev–Trinajstić information content (AvgIpc) is 3.17. The van der Waals surface area contributed by atoms with Crippen LogP contribution < -0.4 is 5.32 Å². The predicted molar refractivity (Wildman–Crippen MR) is 106 cm³/mol. The highest BCUT2D eigenvalue weighted by molar-refractivity contribution is 5.95. The van der Waals surface area contributed by atoms with Crippen LogP contribution in [0.3, 0.4) is 0 Å². The molecule has 0 saturated heterocycles. The van der Waals surface area contributed by atoms with Crippen LogP contribution in [0.25, 0.3) is 5.82 Å². The Kier molecular flexibility index (Phi) is 6.21. The number of alkyl halides is 3. The molecule has 3 aromatic rings. The molecule has 1 N–H and O–H groups in total. The van der Waals surface area contributed by atoms with Crippen molar-refractivity contribution in [2.24, 2.45) is 0 Å². The number of benzene rings is 1. The lowest BCUT2D eigenvalue weighted by Gasteiger charge is -2.13. The second kappa shape index (κ2) is 8.82. The van der Waals surface area contributed by atoms with Crippen LogP contribution >= 0.6 is 0 Å². The van der Waals surface area contributed by atoms with E-state index >= 15 is 0 Å². The van der Waals surface area contributed by atoms with Gasteiger partial charge in [0.1, 0.15) is 0 Å². The molecule has 3 rings (SSSR count). The van der Waals surface area contributed by atoms with Crippen LogP contribution in [0, 0.1) is 11.8 Å². The third kappa shape index (κ3) is 4.87. The maximum atomic E-state index is 12.8.